The van der Waals surface area contributed by atoms with Gasteiger partial charge in [-0.3, -0.25) is 4.90 Å². The summed E-state index contributed by atoms with van der Waals surface area (Å²) in [5.41, 5.74) is 2.57. The Morgan fingerprint density at radius 1 is 1.00 bits per heavy atom. The summed E-state index contributed by atoms with van der Waals surface area (Å²) in [7, 11) is -0.249. The molecule has 0 unspecified atom stereocenters. The van der Waals surface area contributed by atoms with Crippen LogP contribution in [-0.4, -0.2) is 42.4 Å². The Balaban J connectivity index is 1.32. The molecule has 0 N–H and O–H groups in total. The standard InChI is InChI=1S/C21H30BNO2/c1-19(2)20(3,4)25-22(24-19)17-10-8-15(9-11-17)21-12-16(21)13-23(14-21)18-6-5-7-18/h8-11,16,18H,5-7,12-14H2,1-4H3/t16-,21+/m0/s1. The number of benzene rings is 1. The fraction of sp³-hybridized carbons (Fsp3) is 0.714. The van der Waals surface area contributed by atoms with Crippen molar-refractivity contribution in [3.05, 3.63) is 29.8 Å². The van der Waals surface area contributed by atoms with Gasteiger partial charge in [-0.05, 0) is 63.9 Å². The van der Waals surface area contributed by atoms with Crippen LogP contribution in [0.3, 0.4) is 0 Å². The largest absolute Gasteiger partial charge is 0.494 e. The van der Waals surface area contributed by atoms with E-state index in [4.69, 9.17) is 9.31 Å². The van der Waals surface area contributed by atoms with Crippen LogP contribution in [0, 0.1) is 5.92 Å². The molecule has 3 nitrogen and oxygen atoms in total. The molecule has 0 radical (unpaired) electrons. The van der Waals surface area contributed by atoms with E-state index in [0.717, 1.165) is 17.4 Å². The van der Waals surface area contributed by atoms with Gasteiger partial charge in [0.2, 0.25) is 0 Å². The van der Waals surface area contributed by atoms with Crippen LogP contribution in [0.1, 0.15) is 58.9 Å². The van der Waals surface area contributed by atoms with Gasteiger partial charge in [0, 0.05) is 24.5 Å². The highest BCUT2D eigenvalue weighted by Crippen LogP contribution is 2.60. The number of nitrogens with zero attached hydrogens (tertiary/aromatic N) is 1. The highest BCUT2D eigenvalue weighted by atomic mass is 16.7. The zero-order valence-corrected chi connectivity index (χ0v) is 16.0. The van der Waals surface area contributed by atoms with E-state index in [2.05, 4.69) is 56.9 Å². The van der Waals surface area contributed by atoms with Crippen LogP contribution in [0.4, 0.5) is 0 Å². The van der Waals surface area contributed by atoms with E-state index in [-0.39, 0.29) is 18.3 Å². The maximum atomic E-state index is 6.19. The molecular formula is C21H30BNO2. The number of rotatable bonds is 3. The highest BCUT2D eigenvalue weighted by Gasteiger charge is 2.61. The molecule has 2 heterocycles. The molecule has 2 atom stereocenters. The van der Waals surface area contributed by atoms with Crippen molar-refractivity contribution in [2.75, 3.05) is 13.1 Å². The summed E-state index contributed by atoms with van der Waals surface area (Å²) in [5, 5.41) is 0. The first kappa shape index (κ1) is 16.3. The molecule has 4 fully saturated rings. The van der Waals surface area contributed by atoms with E-state index < -0.39 is 0 Å². The third-order valence-electron chi connectivity index (χ3n) is 7.77. The summed E-state index contributed by atoms with van der Waals surface area (Å²) < 4.78 is 12.4. The van der Waals surface area contributed by atoms with Gasteiger partial charge in [0.05, 0.1) is 11.2 Å². The molecule has 2 aliphatic heterocycles. The quantitative estimate of drug-likeness (QED) is 0.790. The van der Waals surface area contributed by atoms with Gasteiger partial charge in [-0.15, -0.1) is 0 Å². The molecule has 5 rings (SSSR count). The molecular weight excluding hydrogens is 309 g/mol. The smallest absolute Gasteiger partial charge is 0.399 e. The average Bonchev–Trinajstić information content (AvgIpc) is 2.98. The van der Waals surface area contributed by atoms with Gasteiger partial charge in [0.15, 0.2) is 0 Å². The zero-order chi connectivity index (χ0) is 17.4. The summed E-state index contributed by atoms with van der Waals surface area (Å²) in [6, 6.07) is 10.0. The number of hydrogen-bond acceptors (Lipinski definition) is 3. The summed E-state index contributed by atoms with van der Waals surface area (Å²) in [6.07, 6.45) is 5.65. The Bertz CT molecular complexity index is 666. The minimum Gasteiger partial charge on any atom is -0.399 e. The van der Waals surface area contributed by atoms with Crippen LogP contribution >= 0.6 is 0 Å². The lowest BCUT2D eigenvalue weighted by Gasteiger charge is -2.36. The molecule has 0 bridgehead atoms. The van der Waals surface area contributed by atoms with E-state index in [1.807, 2.05) is 0 Å². The third kappa shape index (κ3) is 2.37. The van der Waals surface area contributed by atoms with Crippen LogP contribution in [0.15, 0.2) is 24.3 Å². The van der Waals surface area contributed by atoms with E-state index in [1.54, 1.807) is 0 Å². The summed E-state index contributed by atoms with van der Waals surface area (Å²) in [4.78, 5) is 2.76. The molecule has 1 aromatic rings. The highest BCUT2D eigenvalue weighted by molar-refractivity contribution is 6.62. The fourth-order valence-corrected chi connectivity index (χ4v) is 4.95. The third-order valence-corrected chi connectivity index (χ3v) is 7.77. The Hall–Kier alpha value is -0.835. The van der Waals surface area contributed by atoms with E-state index in [0.29, 0.717) is 5.41 Å². The van der Waals surface area contributed by atoms with Gasteiger partial charge >= 0.3 is 7.12 Å². The van der Waals surface area contributed by atoms with Crippen molar-refractivity contribution < 1.29 is 9.31 Å². The topological polar surface area (TPSA) is 21.7 Å². The van der Waals surface area contributed by atoms with Crippen molar-refractivity contribution in [1.29, 1.82) is 0 Å². The second-order valence-electron chi connectivity index (χ2n) is 9.78. The Morgan fingerprint density at radius 2 is 1.64 bits per heavy atom. The zero-order valence-electron chi connectivity index (χ0n) is 16.0. The molecule has 134 valence electrons. The first-order valence-electron chi connectivity index (χ1n) is 10.0. The number of piperidine rings is 1. The second kappa shape index (κ2) is 5.12. The van der Waals surface area contributed by atoms with Crippen molar-refractivity contribution in [3.8, 4) is 0 Å². The lowest BCUT2D eigenvalue weighted by atomic mass is 9.78. The minimum atomic E-state index is -0.272. The Kier molecular flexibility index (Phi) is 3.35. The number of hydrogen-bond donors (Lipinski definition) is 0. The number of likely N-dealkylation sites (tertiary alicyclic amines) is 1. The Labute approximate surface area is 152 Å². The van der Waals surface area contributed by atoms with Crippen LogP contribution in [0.25, 0.3) is 0 Å². The van der Waals surface area contributed by atoms with Gasteiger partial charge in [-0.1, -0.05) is 30.7 Å². The first-order valence-corrected chi connectivity index (χ1v) is 10.0. The van der Waals surface area contributed by atoms with Gasteiger partial charge in [0.25, 0.3) is 0 Å². The molecule has 4 heteroatoms. The lowest BCUT2D eigenvalue weighted by Crippen LogP contribution is -2.41. The van der Waals surface area contributed by atoms with E-state index in [1.165, 1.54) is 44.3 Å². The van der Waals surface area contributed by atoms with Crippen molar-refractivity contribution in [2.45, 2.75) is 76.0 Å². The number of fused-ring (bicyclic) bond motifs is 1. The molecule has 0 amide bonds. The summed E-state index contributed by atoms with van der Waals surface area (Å²) in [6.45, 7) is 11.1. The predicted octanol–water partition coefficient (Wildman–Crippen LogP) is 3.11. The van der Waals surface area contributed by atoms with Gasteiger partial charge in [-0.25, -0.2) is 0 Å². The monoisotopic (exact) mass is 339 g/mol. The van der Waals surface area contributed by atoms with E-state index >= 15 is 0 Å². The van der Waals surface area contributed by atoms with Crippen molar-refractivity contribution in [2.24, 2.45) is 5.92 Å². The SMILES string of the molecule is CC1(C)OB(c2ccc([C@]34C[C@H]3CN(C3CCC3)C4)cc2)OC1(C)C. The Morgan fingerprint density at radius 3 is 2.20 bits per heavy atom. The van der Waals surface area contributed by atoms with Gasteiger partial charge in [-0.2, -0.15) is 0 Å². The van der Waals surface area contributed by atoms with Crippen molar-refractivity contribution in [1.82, 2.24) is 4.90 Å². The van der Waals surface area contributed by atoms with Crippen molar-refractivity contribution >= 4 is 12.6 Å². The minimum absolute atomic E-state index is 0.249. The normalized spacial score (nSPS) is 36.3. The maximum absolute atomic E-state index is 6.19. The van der Waals surface area contributed by atoms with Crippen LogP contribution in [-0.2, 0) is 14.7 Å². The summed E-state index contributed by atoms with van der Waals surface area (Å²) in [5.74, 6) is 0.885. The predicted molar refractivity (Wildman–Crippen MR) is 101 cm³/mol. The van der Waals surface area contributed by atoms with E-state index in [9.17, 15) is 0 Å². The van der Waals surface area contributed by atoms with Crippen LogP contribution in [0.5, 0.6) is 0 Å². The lowest BCUT2D eigenvalue weighted by molar-refractivity contribution is 0.00578. The van der Waals surface area contributed by atoms with Gasteiger partial charge < -0.3 is 9.31 Å². The average molecular weight is 339 g/mol. The molecule has 2 saturated carbocycles. The molecule has 1 aromatic carbocycles. The van der Waals surface area contributed by atoms with Crippen LogP contribution in [0.2, 0.25) is 0 Å². The summed E-state index contributed by atoms with van der Waals surface area (Å²) >= 11 is 0. The maximum Gasteiger partial charge on any atom is 0.494 e. The molecule has 0 aromatic heterocycles. The molecule has 2 saturated heterocycles. The fourth-order valence-electron chi connectivity index (χ4n) is 4.95. The molecule has 25 heavy (non-hydrogen) atoms. The molecule has 2 aliphatic carbocycles. The molecule has 4 aliphatic rings. The first-order chi connectivity index (χ1) is 11.8. The van der Waals surface area contributed by atoms with Crippen LogP contribution < -0.4 is 5.46 Å². The van der Waals surface area contributed by atoms with Crippen molar-refractivity contribution in [3.63, 3.8) is 0 Å². The van der Waals surface area contributed by atoms with Gasteiger partial charge in [0.1, 0.15) is 0 Å². The molecule has 0 spiro atoms. The second-order valence-corrected chi connectivity index (χ2v) is 9.78.